The van der Waals surface area contributed by atoms with Crippen LogP contribution < -0.4 is 4.74 Å². The van der Waals surface area contributed by atoms with E-state index in [2.05, 4.69) is 4.74 Å². The SMILES string of the molecule is O=COc1ccccc1O. The van der Waals surface area contributed by atoms with Crippen LogP contribution in [-0.4, -0.2) is 11.6 Å². The number of rotatable bonds is 2. The van der Waals surface area contributed by atoms with Crippen molar-refractivity contribution in [2.45, 2.75) is 0 Å². The van der Waals surface area contributed by atoms with Gasteiger partial charge < -0.3 is 9.84 Å². The third-order valence-electron chi connectivity index (χ3n) is 1.04. The minimum atomic E-state index is -0.0328. The van der Waals surface area contributed by atoms with Crippen LogP contribution in [0, 0.1) is 0 Å². The van der Waals surface area contributed by atoms with Crippen LogP contribution in [0.2, 0.25) is 0 Å². The van der Waals surface area contributed by atoms with Crippen molar-refractivity contribution in [3.63, 3.8) is 0 Å². The Morgan fingerprint density at radius 2 is 2.10 bits per heavy atom. The maximum absolute atomic E-state index is 9.79. The fourth-order valence-corrected chi connectivity index (χ4v) is 0.609. The highest BCUT2D eigenvalue weighted by atomic mass is 16.5. The number of phenolic OH excluding ortho intramolecular Hbond substituents is 1. The van der Waals surface area contributed by atoms with E-state index in [4.69, 9.17) is 5.11 Å². The average molecular weight is 138 g/mol. The molecule has 0 fully saturated rings. The summed E-state index contributed by atoms with van der Waals surface area (Å²) in [5.74, 6) is 0.145. The molecule has 0 amide bonds. The van der Waals surface area contributed by atoms with Crippen molar-refractivity contribution in [3.05, 3.63) is 24.3 Å². The number of ether oxygens (including phenoxy) is 1. The fraction of sp³-hybridized carbons (Fsp3) is 0. The van der Waals surface area contributed by atoms with Gasteiger partial charge in [-0.05, 0) is 12.1 Å². The number of carbonyl (C=O) groups is 1. The van der Waals surface area contributed by atoms with Crippen LogP contribution in [-0.2, 0) is 4.79 Å². The molecule has 10 heavy (non-hydrogen) atoms. The predicted molar refractivity (Wildman–Crippen MR) is 34.8 cm³/mol. The third kappa shape index (κ3) is 1.25. The van der Waals surface area contributed by atoms with Crippen molar-refractivity contribution in [3.8, 4) is 11.5 Å². The molecule has 0 saturated heterocycles. The topological polar surface area (TPSA) is 46.5 Å². The Kier molecular flexibility index (Phi) is 1.89. The number of aromatic hydroxyl groups is 1. The molecule has 0 bridgehead atoms. The first-order chi connectivity index (χ1) is 4.84. The smallest absolute Gasteiger partial charge is 0.298 e. The standard InChI is InChI=1S/C7H6O3/c8-5-10-7-4-2-1-3-6(7)9/h1-5,9H. The maximum atomic E-state index is 9.79. The summed E-state index contributed by atoms with van der Waals surface area (Å²) in [5.41, 5.74) is 0. The van der Waals surface area contributed by atoms with Crippen LogP contribution >= 0.6 is 0 Å². The molecule has 1 rings (SSSR count). The molecule has 0 radical (unpaired) electrons. The van der Waals surface area contributed by atoms with E-state index in [1.807, 2.05) is 0 Å². The second-order valence-corrected chi connectivity index (χ2v) is 1.68. The lowest BCUT2D eigenvalue weighted by atomic mass is 10.3. The normalized spacial score (nSPS) is 8.80. The lowest BCUT2D eigenvalue weighted by Crippen LogP contribution is -1.87. The summed E-state index contributed by atoms with van der Waals surface area (Å²) in [5, 5.41) is 8.96. The molecule has 0 aliphatic heterocycles. The van der Waals surface area contributed by atoms with Gasteiger partial charge in [0.2, 0.25) is 0 Å². The lowest BCUT2D eigenvalue weighted by molar-refractivity contribution is -0.120. The van der Waals surface area contributed by atoms with Gasteiger partial charge in [-0.2, -0.15) is 0 Å². The van der Waals surface area contributed by atoms with Crippen LogP contribution in [0.15, 0.2) is 24.3 Å². The molecular weight excluding hydrogens is 132 g/mol. The van der Waals surface area contributed by atoms with Gasteiger partial charge in [0.25, 0.3) is 6.47 Å². The van der Waals surface area contributed by atoms with E-state index < -0.39 is 0 Å². The van der Waals surface area contributed by atoms with E-state index in [1.165, 1.54) is 12.1 Å². The molecule has 0 saturated carbocycles. The number of carbonyl (C=O) groups excluding carboxylic acids is 1. The van der Waals surface area contributed by atoms with E-state index in [0.29, 0.717) is 0 Å². The number of phenols is 1. The number of hydrogen-bond acceptors (Lipinski definition) is 3. The Hall–Kier alpha value is -1.51. The van der Waals surface area contributed by atoms with Crippen LogP contribution in [0.25, 0.3) is 0 Å². The number of para-hydroxylation sites is 2. The van der Waals surface area contributed by atoms with Gasteiger partial charge in [0.1, 0.15) is 0 Å². The Balaban J connectivity index is 2.91. The highest BCUT2D eigenvalue weighted by Gasteiger charge is 1.96. The van der Waals surface area contributed by atoms with Gasteiger partial charge >= 0.3 is 0 Å². The molecule has 52 valence electrons. The van der Waals surface area contributed by atoms with Crippen LogP contribution in [0.3, 0.4) is 0 Å². The van der Waals surface area contributed by atoms with E-state index >= 15 is 0 Å². The average Bonchev–Trinajstić information content (AvgIpc) is 1.94. The number of benzene rings is 1. The highest BCUT2D eigenvalue weighted by Crippen LogP contribution is 2.23. The zero-order valence-corrected chi connectivity index (χ0v) is 5.15. The molecule has 0 aromatic heterocycles. The van der Waals surface area contributed by atoms with Gasteiger partial charge in [0, 0.05) is 0 Å². The summed E-state index contributed by atoms with van der Waals surface area (Å²) in [7, 11) is 0. The molecule has 1 aromatic rings. The Morgan fingerprint density at radius 3 is 2.70 bits per heavy atom. The molecule has 1 aromatic carbocycles. The van der Waals surface area contributed by atoms with Crippen molar-refractivity contribution in [1.82, 2.24) is 0 Å². The first-order valence-electron chi connectivity index (χ1n) is 2.73. The minimum Gasteiger partial charge on any atom is -0.504 e. The third-order valence-corrected chi connectivity index (χ3v) is 1.04. The van der Waals surface area contributed by atoms with Crippen LogP contribution in [0.5, 0.6) is 11.5 Å². The van der Waals surface area contributed by atoms with Crippen molar-refractivity contribution in [2.24, 2.45) is 0 Å². The fourth-order valence-electron chi connectivity index (χ4n) is 0.609. The minimum absolute atomic E-state index is 0.0328. The molecule has 3 heteroatoms. The molecule has 1 N–H and O–H groups in total. The zero-order chi connectivity index (χ0) is 7.40. The van der Waals surface area contributed by atoms with Gasteiger partial charge in [-0.15, -0.1) is 0 Å². The van der Waals surface area contributed by atoms with Crippen LogP contribution in [0.1, 0.15) is 0 Å². The highest BCUT2D eigenvalue weighted by molar-refractivity contribution is 5.49. The van der Waals surface area contributed by atoms with Crippen molar-refractivity contribution >= 4 is 6.47 Å². The second-order valence-electron chi connectivity index (χ2n) is 1.68. The molecule has 0 heterocycles. The van der Waals surface area contributed by atoms with Gasteiger partial charge in [0.05, 0.1) is 0 Å². The van der Waals surface area contributed by atoms with E-state index in [1.54, 1.807) is 12.1 Å². The number of hydrogen-bond donors (Lipinski definition) is 1. The summed E-state index contributed by atoms with van der Waals surface area (Å²) in [6, 6.07) is 6.26. The summed E-state index contributed by atoms with van der Waals surface area (Å²) >= 11 is 0. The van der Waals surface area contributed by atoms with Crippen molar-refractivity contribution in [1.29, 1.82) is 0 Å². The monoisotopic (exact) mass is 138 g/mol. The molecule has 0 atom stereocenters. The Bertz CT molecular complexity index is 232. The van der Waals surface area contributed by atoms with Gasteiger partial charge in [0.15, 0.2) is 11.5 Å². The Morgan fingerprint density at radius 1 is 1.40 bits per heavy atom. The quantitative estimate of drug-likeness (QED) is 0.618. The molecule has 3 nitrogen and oxygen atoms in total. The summed E-state index contributed by atoms with van der Waals surface area (Å²) in [6.07, 6.45) is 0. The molecular formula is C7H6O3. The lowest BCUT2D eigenvalue weighted by Gasteiger charge is -1.97. The first kappa shape index (κ1) is 6.61. The first-order valence-corrected chi connectivity index (χ1v) is 2.73. The van der Waals surface area contributed by atoms with Crippen LogP contribution in [0.4, 0.5) is 0 Å². The summed E-state index contributed by atoms with van der Waals surface area (Å²) < 4.78 is 4.41. The molecule has 0 aliphatic rings. The molecule has 0 unspecified atom stereocenters. The van der Waals surface area contributed by atoms with E-state index in [0.717, 1.165) is 0 Å². The Labute approximate surface area is 57.9 Å². The van der Waals surface area contributed by atoms with Gasteiger partial charge in [-0.25, -0.2) is 0 Å². The van der Waals surface area contributed by atoms with Gasteiger partial charge in [-0.1, -0.05) is 12.1 Å². The predicted octanol–water partition coefficient (Wildman–Crippen LogP) is 0.927. The summed E-state index contributed by atoms with van der Waals surface area (Å²) in [4.78, 5) is 9.79. The van der Waals surface area contributed by atoms with E-state index in [-0.39, 0.29) is 18.0 Å². The largest absolute Gasteiger partial charge is 0.504 e. The zero-order valence-electron chi connectivity index (χ0n) is 5.15. The second kappa shape index (κ2) is 2.87. The maximum Gasteiger partial charge on any atom is 0.298 e. The molecule has 0 spiro atoms. The van der Waals surface area contributed by atoms with Gasteiger partial charge in [-0.3, -0.25) is 4.79 Å². The van der Waals surface area contributed by atoms with Crippen molar-refractivity contribution in [2.75, 3.05) is 0 Å². The van der Waals surface area contributed by atoms with E-state index in [9.17, 15) is 4.79 Å². The summed E-state index contributed by atoms with van der Waals surface area (Å²) in [6.45, 7) is 0.273. The molecule has 0 aliphatic carbocycles. The van der Waals surface area contributed by atoms with Crippen molar-refractivity contribution < 1.29 is 14.6 Å².